The summed E-state index contributed by atoms with van der Waals surface area (Å²) in [6, 6.07) is 11.2. The average Bonchev–Trinajstić information content (AvgIpc) is 3.01. The number of fused-ring (bicyclic) bond motifs is 1. The van der Waals surface area contributed by atoms with Crippen LogP contribution in [0.25, 0.3) is 10.8 Å². The molecule has 0 aliphatic carbocycles. The van der Waals surface area contributed by atoms with Gasteiger partial charge in [0.15, 0.2) is 0 Å². The molecule has 0 bridgehead atoms. The second-order valence-electron chi connectivity index (χ2n) is 6.31. The van der Waals surface area contributed by atoms with Crippen molar-refractivity contribution in [2.45, 2.75) is 24.6 Å². The highest BCUT2D eigenvalue weighted by Gasteiger charge is 2.32. The molecule has 3 atom stereocenters. The Morgan fingerprint density at radius 3 is 2.42 bits per heavy atom. The number of nitrogens with zero attached hydrogens (tertiary/aromatic N) is 1. The molecule has 1 aliphatic heterocycles. The van der Waals surface area contributed by atoms with E-state index in [-0.39, 0.29) is 11.6 Å². The smallest absolute Gasteiger partial charge is 0.129 e. The van der Waals surface area contributed by atoms with Crippen molar-refractivity contribution in [1.82, 2.24) is 4.57 Å². The molecule has 4 rings (SSSR count). The minimum atomic E-state index is -0.623. The van der Waals surface area contributed by atoms with E-state index in [1.807, 2.05) is 12.1 Å². The van der Waals surface area contributed by atoms with Crippen LogP contribution in [-0.2, 0) is 4.74 Å². The Kier molecular flexibility index (Phi) is 3.82. The highest BCUT2D eigenvalue weighted by atomic mass is 19.1. The van der Waals surface area contributed by atoms with Gasteiger partial charge >= 0.3 is 0 Å². The molecule has 2 heterocycles. The third-order valence-corrected chi connectivity index (χ3v) is 4.66. The van der Waals surface area contributed by atoms with Crippen LogP contribution in [0.15, 0.2) is 54.9 Å². The van der Waals surface area contributed by atoms with Gasteiger partial charge in [-0.3, -0.25) is 0 Å². The number of benzene rings is 2. The van der Waals surface area contributed by atoms with Gasteiger partial charge in [0.05, 0.1) is 12.6 Å². The van der Waals surface area contributed by atoms with Crippen molar-refractivity contribution in [3.05, 3.63) is 72.1 Å². The van der Waals surface area contributed by atoms with E-state index < -0.39 is 23.8 Å². The summed E-state index contributed by atoms with van der Waals surface area (Å²) in [7, 11) is 0. The summed E-state index contributed by atoms with van der Waals surface area (Å²) >= 11 is 0. The summed E-state index contributed by atoms with van der Waals surface area (Å²) in [5, 5.41) is 2.31. The topological polar surface area (TPSA) is 40.2 Å². The van der Waals surface area contributed by atoms with Crippen LogP contribution >= 0.6 is 0 Å². The third-order valence-electron chi connectivity index (χ3n) is 4.66. The molecule has 3 aromatic rings. The van der Waals surface area contributed by atoms with Gasteiger partial charge < -0.3 is 15.0 Å². The molecule has 0 spiro atoms. The Hall–Kier alpha value is -2.24. The van der Waals surface area contributed by atoms with Crippen molar-refractivity contribution in [2.24, 2.45) is 5.73 Å². The van der Waals surface area contributed by atoms with Crippen LogP contribution < -0.4 is 5.73 Å². The fraction of sp³-hybridized carbons (Fsp3) is 0.263. The van der Waals surface area contributed by atoms with Gasteiger partial charge in [-0.2, -0.15) is 0 Å². The molecule has 3 nitrogen and oxygen atoms in total. The Balaban J connectivity index is 1.57. The van der Waals surface area contributed by atoms with Gasteiger partial charge in [-0.15, -0.1) is 0 Å². The normalized spacial score (nSPS) is 24.4. The molecule has 2 N–H and O–H groups in total. The first-order valence-corrected chi connectivity index (χ1v) is 8.00. The number of ether oxygens (including phenoxy) is 1. The Labute approximate surface area is 138 Å². The van der Waals surface area contributed by atoms with Crippen LogP contribution in [0.2, 0.25) is 0 Å². The molecule has 0 radical (unpaired) electrons. The molecule has 1 saturated heterocycles. The maximum absolute atomic E-state index is 14.0. The standard InChI is InChI=1S/C19H18F2N2O/c20-14-5-6-17(21)16(7-14)19-18(22)8-15(11-24-19)23-9-12-3-1-2-4-13(12)10-23/h1-7,9-10,15,18-19H,8,11,22H2/t15-,18+,19-/m1/s1. The van der Waals surface area contributed by atoms with E-state index in [4.69, 9.17) is 10.5 Å². The van der Waals surface area contributed by atoms with E-state index >= 15 is 0 Å². The van der Waals surface area contributed by atoms with E-state index in [1.54, 1.807) is 0 Å². The van der Waals surface area contributed by atoms with Crippen LogP contribution in [-0.4, -0.2) is 17.2 Å². The number of hydrogen-bond donors (Lipinski definition) is 1. The second kappa shape index (κ2) is 6.00. The number of halogens is 2. The summed E-state index contributed by atoms with van der Waals surface area (Å²) in [5.74, 6) is -0.969. The van der Waals surface area contributed by atoms with Gasteiger partial charge in [0.2, 0.25) is 0 Å². The molecule has 1 fully saturated rings. The van der Waals surface area contributed by atoms with E-state index in [9.17, 15) is 8.78 Å². The molecule has 0 saturated carbocycles. The zero-order chi connectivity index (χ0) is 16.7. The minimum absolute atomic E-state index is 0.0836. The fourth-order valence-corrected chi connectivity index (χ4v) is 3.42. The van der Waals surface area contributed by atoms with E-state index in [1.165, 1.54) is 6.07 Å². The largest absolute Gasteiger partial charge is 0.370 e. The van der Waals surface area contributed by atoms with Gasteiger partial charge in [0, 0.05) is 24.0 Å². The molecule has 0 unspecified atom stereocenters. The summed E-state index contributed by atoms with van der Waals surface area (Å²) in [6.45, 7) is 0.412. The lowest BCUT2D eigenvalue weighted by Crippen LogP contribution is -2.39. The van der Waals surface area contributed by atoms with Crippen molar-refractivity contribution in [3.8, 4) is 0 Å². The molecule has 1 aromatic heterocycles. The van der Waals surface area contributed by atoms with E-state index in [0.717, 1.165) is 22.9 Å². The van der Waals surface area contributed by atoms with Crippen LogP contribution in [0.1, 0.15) is 24.1 Å². The molecule has 124 valence electrons. The quantitative estimate of drug-likeness (QED) is 0.774. The zero-order valence-corrected chi connectivity index (χ0v) is 13.0. The van der Waals surface area contributed by atoms with Crippen LogP contribution in [0, 0.1) is 11.6 Å². The van der Waals surface area contributed by atoms with Crippen LogP contribution in [0.4, 0.5) is 8.78 Å². The van der Waals surface area contributed by atoms with Crippen molar-refractivity contribution in [1.29, 1.82) is 0 Å². The zero-order valence-electron chi connectivity index (χ0n) is 13.0. The first-order chi connectivity index (χ1) is 11.6. The van der Waals surface area contributed by atoms with Crippen LogP contribution in [0.3, 0.4) is 0 Å². The van der Waals surface area contributed by atoms with Gasteiger partial charge in [-0.05, 0) is 35.4 Å². The predicted molar refractivity (Wildman–Crippen MR) is 88.6 cm³/mol. The Morgan fingerprint density at radius 1 is 1.04 bits per heavy atom. The molecule has 5 heteroatoms. The second-order valence-corrected chi connectivity index (χ2v) is 6.31. The number of aromatic nitrogens is 1. The molecule has 0 amide bonds. The summed E-state index contributed by atoms with van der Waals surface area (Å²) in [5.41, 5.74) is 6.42. The average molecular weight is 328 g/mol. The predicted octanol–water partition coefficient (Wildman–Crippen LogP) is 3.95. The number of rotatable bonds is 2. The molecule has 1 aliphatic rings. The van der Waals surface area contributed by atoms with Crippen molar-refractivity contribution < 1.29 is 13.5 Å². The minimum Gasteiger partial charge on any atom is -0.370 e. The summed E-state index contributed by atoms with van der Waals surface area (Å²) in [6.07, 6.45) is 4.15. The van der Waals surface area contributed by atoms with E-state index in [0.29, 0.717) is 13.0 Å². The summed E-state index contributed by atoms with van der Waals surface area (Å²) in [4.78, 5) is 0. The number of nitrogens with two attached hydrogens (primary N) is 1. The van der Waals surface area contributed by atoms with Gasteiger partial charge in [0.25, 0.3) is 0 Å². The van der Waals surface area contributed by atoms with Gasteiger partial charge in [0.1, 0.15) is 17.7 Å². The lowest BCUT2D eigenvalue weighted by molar-refractivity contribution is -0.0288. The van der Waals surface area contributed by atoms with Gasteiger partial charge in [-0.25, -0.2) is 8.78 Å². The highest BCUT2D eigenvalue weighted by Crippen LogP contribution is 2.34. The Morgan fingerprint density at radius 2 is 1.75 bits per heavy atom. The highest BCUT2D eigenvalue weighted by molar-refractivity contribution is 5.82. The van der Waals surface area contributed by atoms with Crippen molar-refractivity contribution in [2.75, 3.05) is 6.61 Å². The van der Waals surface area contributed by atoms with Gasteiger partial charge in [-0.1, -0.05) is 24.3 Å². The monoisotopic (exact) mass is 328 g/mol. The molecular weight excluding hydrogens is 310 g/mol. The lowest BCUT2D eigenvalue weighted by Gasteiger charge is -2.35. The lowest BCUT2D eigenvalue weighted by atomic mass is 9.94. The number of hydrogen-bond acceptors (Lipinski definition) is 2. The van der Waals surface area contributed by atoms with E-state index in [2.05, 4.69) is 29.1 Å². The molecular formula is C19H18F2N2O. The first-order valence-electron chi connectivity index (χ1n) is 8.00. The molecule has 2 aromatic carbocycles. The Bertz CT molecular complexity index is 844. The maximum atomic E-state index is 14.0. The van der Waals surface area contributed by atoms with Crippen molar-refractivity contribution >= 4 is 10.8 Å². The first kappa shape index (κ1) is 15.3. The summed E-state index contributed by atoms with van der Waals surface area (Å²) < 4.78 is 35.3. The maximum Gasteiger partial charge on any atom is 0.129 e. The molecule has 24 heavy (non-hydrogen) atoms. The van der Waals surface area contributed by atoms with Crippen LogP contribution in [0.5, 0.6) is 0 Å². The SMILES string of the molecule is N[C@H]1C[C@@H](n2cc3ccccc3c2)CO[C@@H]1c1cc(F)ccc1F. The fourth-order valence-electron chi connectivity index (χ4n) is 3.42. The van der Waals surface area contributed by atoms with Crippen molar-refractivity contribution in [3.63, 3.8) is 0 Å². The third kappa shape index (κ3) is 2.70.